The number of rotatable bonds is 4. The molecule has 2 aromatic rings. The van der Waals surface area contributed by atoms with E-state index in [9.17, 15) is 13.2 Å². The highest BCUT2D eigenvalue weighted by molar-refractivity contribution is 7.90. The van der Waals surface area contributed by atoms with Crippen molar-refractivity contribution in [1.29, 1.82) is 0 Å². The van der Waals surface area contributed by atoms with Crippen LogP contribution in [-0.4, -0.2) is 65.2 Å². The topological polar surface area (TPSA) is 94.2 Å². The van der Waals surface area contributed by atoms with Crippen molar-refractivity contribution in [2.75, 3.05) is 44.4 Å². The van der Waals surface area contributed by atoms with Crippen molar-refractivity contribution in [2.45, 2.75) is 88.4 Å². The number of carbonyl (C=O) groups excluding carboxylic acids is 1. The van der Waals surface area contributed by atoms with Crippen LogP contribution in [0.15, 0.2) is 48.6 Å². The molecule has 0 aromatic heterocycles. The zero-order chi connectivity index (χ0) is 34.2. The summed E-state index contributed by atoms with van der Waals surface area (Å²) in [5.74, 6) is 1.31. The van der Waals surface area contributed by atoms with Gasteiger partial charge in [0.05, 0.1) is 23.6 Å². The third kappa shape index (κ3) is 7.42. The van der Waals surface area contributed by atoms with Crippen molar-refractivity contribution in [3.05, 3.63) is 70.3 Å². The summed E-state index contributed by atoms with van der Waals surface area (Å²) in [6.07, 6.45) is 13.3. The van der Waals surface area contributed by atoms with E-state index in [1.165, 1.54) is 11.1 Å². The van der Waals surface area contributed by atoms with E-state index in [1.54, 1.807) is 13.0 Å². The number of halogens is 1. The smallest absolute Gasteiger partial charge is 0.264 e. The van der Waals surface area contributed by atoms with Crippen molar-refractivity contribution >= 4 is 33.2 Å². The minimum absolute atomic E-state index is 0.0362. The fourth-order valence-corrected chi connectivity index (χ4v) is 10.2. The number of amides is 1. The highest BCUT2D eigenvalue weighted by Gasteiger charge is 2.44. The summed E-state index contributed by atoms with van der Waals surface area (Å²) >= 11 is 6.46. The maximum absolute atomic E-state index is 13.5. The molecule has 266 valence electrons. The number of fused-ring (bicyclic) bond motifs is 4. The lowest BCUT2D eigenvalue weighted by Crippen LogP contribution is -2.49. The third-order valence-corrected chi connectivity index (χ3v) is 14.3. The van der Waals surface area contributed by atoms with E-state index in [2.05, 4.69) is 33.9 Å². The van der Waals surface area contributed by atoms with Gasteiger partial charge in [-0.25, -0.2) is 13.1 Å². The van der Waals surface area contributed by atoms with E-state index in [0.29, 0.717) is 43.0 Å². The minimum Gasteiger partial charge on any atom is -0.490 e. The Hall–Kier alpha value is -2.59. The number of benzene rings is 2. The number of ether oxygens (including phenoxy) is 3. The van der Waals surface area contributed by atoms with E-state index >= 15 is 0 Å². The van der Waals surface area contributed by atoms with Crippen LogP contribution < -0.4 is 14.4 Å². The first-order valence-corrected chi connectivity index (χ1v) is 20.3. The van der Waals surface area contributed by atoms with Crippen LogP contribution >= 0.6 is 11.6 Å². The van der Waals surface area contributed by atoms with Crippen LogP contribution in [0.1, 0.15) is 86.7 Å². The molecule has 2 bridgehead atoms. The SMILES string of the molecule is C[C@@H]1[C@@H](C)C/C=C/[C@H](OCCC2CCOCC2)[C@@H]2CC[C@H]2CN2C[C@@]3(CCCc4cc(Cl)ccc43)COc3ccc(cc32)C(=O)NS1(=O)=O. The molecular formula is C39H51ClN2O6S. The number of nitrogens with one attached hydrogen (secondary N) is 1. The van der Waals surface area contributed by atoms with Crippen LogP contribution in [0, 0.1) is 23.7 Å². The van der Waals surface area contributed by atoms with Gasteiger partial charge in [-0.1, -0.05) is 36.7 Å². The summed E-state index contributed by atoms with van der Waals surface area (Å²) in [6, 6.07) is 11.6. The van der Waals surface area contributed by atoms with Gasteiger partial charge >= 0.3 is 0 Å². The van der Waals surface area contributed by atoms with Gasteiger partial charge in [-0.15, -0.1) is 0 Å². The molecule has 1 saturated carbocycles. The second-order valence-corrected chi connectivity index (χ2v) is 17.8. The van der Waals surface area contributed by atoms with Gasteiger partial charge in [-0.3, -0.25) is 4.79 Å². The van der Waals surface area contributed by atoms with Crippen LogP contribution in [0.2, 0.25) is 5.02 Å². The fraction of sp³-hybridized carbons (Fsp3) is 0.615. The number of hydrogen-bond donors (Lipinski definition) is 1. The van der Waals surface area contributed by atoms with Gasteiger partial charge in [0.25, 0.3) is 5.91 Å². The molecule has 7 rings (SSSR count). The molecule has 10 heteroatoms. The van der Waals surface area contributed by atoms with Crippen LogP contribution in [-0.2, 0) is 31.3 Å². The van der Waals surface area contributed by atoms with E-state index in [4.69, 9.17) is 25.8 Å². The Morgan fingerprint density at radius 3 is 2.71 bits per heavy atom. The zero-order valence-corrected chi connectivity index (χ0v) is 30.4. The van der Waals surface area contributed by atoms with Gasteiger partial charge in [0.1, 0.15) is 5.75 Å². The molecular weight excluding hydrogens is 660 g/mol. The Morgan fingerprint density at radius 2 is 1.92 bits per heavy atom. The number of anilines is 1. The average molecular weight is 711 g/mol. The van der Waals surface area contributed by atoms with Crippen molar-refractivity contribution < 1.29 is 27.4 Å². The standard InChI is InChI=1S/C39H51ClN2O6S/c1-26-5-3-7-36(47-20-16-28-14-18-46-19-15-28)33-11-8-31(33)23-42-24-39(17-4-6-29-21-32(40)10-12-34(29)39)25-48-37-13-9-30(22-35(37)42)38(43)41-49(44,45)27(26)2/h3,7,9-10,12-13,21-22,26-28,31,33,36H,4-6,8,11,14-20,23-25H2,1-2H3,(H,41,43)/b7-3+/t26-,27+,31-,33+,36-,39-/m0/s1. The van der Waals surface area contributed by atoms with Gasteiger partial charge in [0, 0.05) is 48.9 Å². The first-order valence-electron chi connectivity index (χ1n) is 18.3. The van der Waals surface area contributed by atoms with E-state index in [1.807, 2.05) is 25.1 Å². The van der Waals surface area contributed by atoms with Crippen LogP contribution in [0.25, 0.3) is 0 Å². The predicted molar refractivity (Wildman–Crippen MR) is 193 cm³/mol. The number of allylic oxidation sites excluding steroid dienone is 1. The fourth-order valence-electron chi connectivity index (χ4n) is 8.73. The minimum atomic E-state index is -3.92. The average Bonchev–Trinajstić information content (AvgIpc) is 3.22. The summed E-state index contributed by atoms with van der Waals surface area (Å²) in [6.45, 7) is 8.05. The summed E-state index contributed by atoms with van der Waals surface area (Å²) in [7, 11) is -3.92. The molecule has 6 atom stereocenters. The number of nitrogens with zero attached hydrogens (tertiary/aromatic N) is 1. The summed E-state index contributed by atoms with van der Waals surface area (Å²) in [5.41, 5.74) is 3.48. The zero-order valence-electron chi connectivity index (χ0n) is 28.9. The van der Waals surface area contributed by atoms with Crippen molar-refractivity contribution in [3.63, 3.8) is 0 Å². The van der Waals surface area contributed by atoms with Crippen molar-refractivity contribution in [3.8, 4) is 5.75 Å². The number of carbonyl (C=O) groups is 1. The second kappa shape index (κ2) is 14.6. The molecule has 0 unspecified atom stereocenters. The molecule has 0 radical (unpaired) electrons. The molecule has 49 heavy (non-hydrogen) atoms. The highest BCUT2D eigenvalue weighted by atomic mass is 35.5. The normalized spacial score (nSPS) is 32.5. The van der Waals surface area contributed by atoms with Gasteiger partial charge in [0.15, 0.2) is 0 Å². The Kier molecular flexibility index (Phi) is 10.4. The van der Waals surface area contributed by atoms with E-state index in [0.717, 1.165) is 94.1 Å². The molecule has 3 heterocycles. The number of hydrogen-bond acceptors (Lipinski definition) is 7. The Balaban J connectivity index is 1.23. The lowest BCUT2D eigenvalue weighted by atomic mass is 9.68. The van der Waals surface area contributed by atoms with Gasteiger partial charge < -0.3 is 19.1 Å². The van der Waals surface area contributed by atoms with Gasteiger partial charge in [-0.2, -0.15) is 0 Å². The number of sulfonamides is 1. The molecule has 2 fully saturated rings. The van der Waals surface area contributed by atoms with Crippen LogP contribution in [0.5, 0.6) is 5.75 Å². The summed E-state index contributed by atoms with van der Waals surface area (Å²) in [4.78, 5) is 15.9. The van der Waals surface area contributed by atoms with E-state index in [-0.39, 0.29) is 17.4 Å². The maximum atomic E-state index is 13.5. The monoisotopic (exact) mass is 710 g/mol. The molecule has 1 saturated heterocycles. The van der Waals surface area contributed by atoms with Crippen molar-refractivity contribution in [2.24, 2.45) is 23.7 Å². The highest BCUT2D eigenvalue weighted by Crippen LogP contribution is 2.47. The Bertz CT molecular complexity index is 1660. The maximum Gasteiger partial charge on any atom is 0.264 e. The largest absolute Gasteiger partial charge is 0.490 e. The first-order chi connectivity index (χ1) is 23.6. The molecule has 2 aliphatic carbocycles. The van der Waals surface area contributed by atoms with Crippen LogP contribution in [0.3, 0.4) is 0 Å². The third-order valence-electron chi connectivity index (χ3n) is 12.2. The quantitative estimate of drug-likeness (QED) is 0.339. The summed E-state index contributed by atoms with van der Waals surface area (Å²) in [5, 5.41) is -0.0000719. The molecule has 1 N–H and O–H groups in total. The molecule has 2 aromatic carbocycles. The lowest BCUT2D eigenvalue weighted by Gasteiger charge is -2.46. The lowest BCUT2D eigenvalue weighted by molar-refractivity contribution is -0.0243. The Morgan fingerprint density at radius 1 is 1.08 bits per heavy atom. The van der Waals surface area contributed by atoms with Crippen molar-refractivity contribution in [1.82, 2.24) is 4.72 Å². The predicted octanol–water partition coefficient (Wildman–Crippen LogP) is 7.09. The van der Waals surface area contributed by atoms with E-state index < -0.39 is 21.2 Å². The van der Waals surface area contributed by atoms with Gasteiger partial charge in [-0.05, 0) is 130 Å². The molecule has 5 aliphatic rings. The molecule has 3 aliphatic heterocycles. The molecule has 1 spiro atoms. The summed E-state index contributed by atoms with van der Waals surface area (Å²) < 4.78 is 48.2. The molecule has 1 amide bonds. The Labute approximate surface area is 296 Å². The van der Waals surface area contributed by atoms with Crippen LogP contribution in [0.4, 0.5) is 5.69 Å². The first kappa shape index (κ1) is 34.8. The molecule has 8 nitrogen and oxygen atoms in total. The number of aryl methyl sites for hydroxylation is 1. The van der Waals surface area contributed by atoms with Gasteiger partial charge in [0.2, 0.25) is 10.0 Å². The second-order valence-electron chi connectivity index (χ2n) is 15.3.